The molecule has 1 saturated carbocycles. The molecule has 1 N–H and O–H groups in total. The molecule has 2 aliphatic rings. The molecule has 0 atom stereocenters. The zero-order valence-corrected chi connectivity index (χ0v) is 12.5. The summed E-state index contributed by atoms with van der Waals surface area (Å²) < 4.78 is 0. The lowest BCUT2D eigenvalue weighted by atomic mass is 9.84. The van der Waals surface area contributed by atoms with Gasteiger partial charge in [0.15, 0.2) is 5.78 Å². The third-order valence-corrected chi connectivity index (χ3v) is 4.79. The quantitative estimate of drug-likeness (QED) is 0.845. The first-order valence-electron chi connectivity index (χ1n) is 8.21. The average molecular weight is 285 g/mol. The molecule has 3 nitrogen and oxygen atoms in total. The Balaban J connectivity index is 1.80. The van der Waals surface area contributed by atoms with Gasteiger partial charge in [0.25, 0.3) is 5.91 Å². The van der Waals surface area contributed by atoms with E-state index in [0.717, 1.165) is 43.2 Å². The second kappa shape index (κ2) is 6.42. The summed E-state index contributed by atoms with van der Waals surface area (Å²) in [4.78, 5) is 24.6. The summed E-state index contributed by atoms with van der Waals surface area (Å²) in [5.41, 5.74) is 2.47. The van der Waals surface area contributed by atoms with Crippen LogP contribution < -0.4 is 5.32 Å². The van der Waals surface area contributed by atoms with E-state index in [1.54, 1.807) is 0 Å². The minimum absolute atomic E-state index is 0.0384. The molecule has 1 aliphatic carbocycles. The Bertz CT molecular complexity index is 542. The van der Waals surface area contributed by atoms with Crippen LogP contribution in [-0.2, 0) is 6.42 Å². The van der Waals surface area contributed by atoms with E-state index >= 15 is 0 Å². The van der Waals surface area contributed by atoms with E-state index in [0.29, 0.717) is 12.1 Å². The molecule has 1 fully saturated rings. The Labute approximate surface area is 126 Å². The van der Waals surface area contributed by atoms with Gasteiger partial charge in [0.05, 0.1) is 0 Å². The number of Topliss-reactive ketones (excluding diaryl/α,β-unsaturated/α-hetero) is 1. The Kier molecular flexibility index (Phi) is 4.37. The van der Waals surface area contributed by atoms with Gasteiger partial charge in [-0.2, -0.15) is 0 Å². The molecular weight excluding hydrogens is 262 g/mol. The standard InChI is InChI=1S/C18H23NO2/c20-17(14-6-4-2-1-3-5-7-14)15-9-8-13-10-11-19-18(21)16(13)12-15/h8-9,12,14H,1-7,10-11H2,(H,19,21). The highest BCUT2D eigenvalue weighted by atomic mass is 16.1. The third-order valence-electron chi connectivity index (χ3n) is 4.79. The van der Waals surface area contributed by atoms with Crippen LogP contribution in [0.5, 0.6) is 0 Å². The molecule has 21 heavy (non-hydrogen) atoms. The van der Waals surface area contributed by atoms with Crippen molar-refractivity contribution in [2.45, 2.75) is 51.4 Å². The van der Waals surface area contributed by atoms with E-state index in [-0.39, 0.29) is 17.6 Å². The smallest absolute Gasteiger partial charge is 0.251 e. The summed E-state index contributed by atoms with van der Waals surface area (Å²) in [5, 5.41) is 2.85. The molecule has 0 aromatic heterocycles. The number of nitrogens with one attached hydrogen (secondary N) is 1. The van der Waals surface area contributed by atoms with Gasteiger partial charge in [-0.15, -0.1) is 0 Å². The average Bonchev–Trinajstić information content (AvgIpc) is 2.46. The van der Waals surface area contributed by atoms with Crippen molar-refractivity contribution in [3.8, 4) is 0 Å². The molecule has 1 aromatic rings. The number of hydrogen-bond donors (Lipinski definition) is 1. The zero-order valence-electron chi connectivity index (χ0n) is 12.5. The molecule has 0 bridgehead atoms. The summed E-state index contributed by atoms with van der Waals surface area (Å²) in [5.74, 6) is 0.344. The monoisotopic (exact) mass is 285 g/mol. The van der Waals surface area contributed by atoms with Crippen LogP contribution in [0.3, 0.4) is 0 Å². The van der Waals surface area contributed by atoms with Crippen LogP contribution in [0.15, 0.2) is 18.2 Å². The molecule has 1 heterocycles. The van der Waals surface area contributed by atoms with Crippen molar-refractivity contribution in [1.29, 1.82) is 0 Å². The minimum atomic E-state index is -0.0384. The number of carbonyl (C=O) groups is 2. The van der Waals surface area contributed by atoms with Crippen LogP contribution in [-0.4, -0.2) is 18.2 Å². The molecule has 1 amide bonds. The second-order valence-electron chi connectivity index (χ2n) is 6.28. The van der Waals surface area contributed by atoms with Crippen molar-refractivity contribution < 1.29 is 9.59 Å². The first kappa shape index (κ1) is 14.3. The fraction of sp³-hybridized carbons (Fsp3) is 0.556. The van der Waals surface area contributed by atoms with Crippen molar-refractivity contribution in [3.63, 3.8) is 0 Å². The normalized spacial score (nSPS) is 20.1. The summed E-state index contributed by atoms with van der Waals surface area (Å²) in [6.07, 6.45) is 8.97. The molecule has 0 unspecified atom stereocenters. The Hall–Kier alpha value is -1.64. The van der Waals surface area contributed by atoms with Gasteiger partial charge < -0.3 is 5.32 Å². The Morgan fingerprint density at radius 3 is 2.52 bits per heavy atom. The maximum absolute atomic E-state index is 12.7. The summed E-state index contributed by atoms with van der Waals surface area (Å²) >= 11 is 0. The molecule has 1 aromatic carbocycles. The SMILES string of the molecule is O=C1NCCc2ccc(C(=O)C3CCCCCCC3)cc21. The molecule has 1 aliphatic heterocycles. The lowest BCUT2D eigenvalue weighted by molar-refractivity contribution is 0.0898. The van der Waals surface area contributed by atoms with E-state index in [9.17, 15) is 9.59 Å². The molecule has 0 radical (unpaired) electrons. The second-order valence-corrected chi connectivity index (χ2v) is 6.28. The van der Waals surface area contributed by atoms with Crippen molar-refractivity contribution in [1.82, 2.24) is 5.32 Å². The number of benzene rings is 1. The highest BCUT2D eigenvalue weighted by molar-refractivity contribution is 6.02. The summed E-state index contributed by atoms with van der Waals surface area (Å²) in [7, 11) is 0. The van der Waals surface area contributed by atoms with Gasteiger partial charge in [-0.1, -0.05) is 44.2 Å². The van der Waals surface area contributed by atoms with E-state index in [2.05, 4.69) is 5.32 Å². The fourth-order valence-corrected chi connectivity index (χ4v) is 3.52. The topological polar surface area (TPSA) is 46.2 Å². The van der Waals surface area contributed by atoms with Crippen molar-refractivity contribution >= 4 is 11.7 Å². The highest BCUT2D eigenvalue weighted by Crippen LogP contribution is 2.26. The fourth-order valence-electron chi connectivity index (χ4n) is 3.52. The van der Waals surface area contributed by atoms with Crippen LogP contribution in [0, 0.1) is 5.92 Å². The van der Waals surface area contributed by atoms with Crippen molar-refractivity contribution in [2.24, 2.45) is 5.92 Å². The van der Waals surface area contributed by atoms with Crippen LogP contribution >= 0.6 is 0 Å². The molecule has 112 valence electrons. The Morgan fingerprint density at radius 1 is 1.05 bits per heavy atom. The van der Waals surface area contributed by atoms with Crippen LogP contribution in [0.2, 0.25) is 0 Å². The van der Waals surface area contributed by atoms with Gasteiger partial charge in [0, 0.05) is 23.6 Å². The molecule has 0 saturated heterocycles. The van der Waals surface area contributed by atoms with E-state index < -0.39 is 0 Å². The largest absolute Gasteiger partial charge is 0.352 e. The van der Waals surface area contributed by atoms with E-state index in [1.165, 1.54) is 19.3 Å². The van der Waals surface area contributed by atoms with Crippen LogP contribution in [0.4, 0.5) is 0 Å². The Morgan fingerprint density at radius 2 is 1.76 bits per heavy atom. The number of ketones is 1. The first-order chi connectivity index (χ1) is 10.3. The van der Waals surface area contributed by atoms with Crippen molar-refractivity contribution in [3.05, 3.63) is 34.9 Å². The highest BCUT2D eigenvalue weighted by Gasteiger charge is 2.23. The lowest BCUT2D eigenvalue weighted by Gasteiger charge is -2.20. The maximum Gasteiger partial charge on any atom is 0.251 e. The van der Waals surface area contributed by atoms with E-state index in [1.807, 2.05) is 18.2 Å². The molecule has 3 heteroatoms. The number of amides is 1. The van der Waals surface area contributed by atoms with Crippen LogP contribution in [0.1, 0.15) is 71.2 Å². The van der Waals surface area contributed by atoms with Crippen LogP contribution in [0.25, 0.3) is 0 Å². The molecule has 3 rings (SSSR count). The van der Waals surface area contributed by atoms with Gasteiger partial charge in [-0.3, -0.25) is 9.59 Å². The minimum Gasteiger partial charge on any atom is -0.352 e. The summed E-state index contributed by atoms with van der Waals surface area (Å²) in [6, 6.07) is 5.69. The third kappa shape index (κ3) is 3.17. The predicted molar refractivity (Wildman–Crippen MR) is 82.6 cm³/mol. The number of carbonyl (C=O) groups excluding carboxylic acids is 2. The maximum atomic E-state index is 12.7. The van der Waals surface area contributed by atoms with Gasteiger partial charge in [-0.25, -0.2) is 0 Å². The van der Waals surface area contributed by atoms with Gasteiger partial charge in [-0.05, 0) is 30.9 Å². The van der Waals surface area contributed by atoms with Gasteiger partial charge in [0.1, 0.15) is 0 Å². The van der Waals surface area contributed by atoms with Gasteiger partial charge >= 0.3 is 0 Å². The zero-order chi connectivity index (χ0) is 14.7. The summed E-state index contributed by atoms with van der Waals surface area (Å²) in [6.45, 7) is 0.696. The van der Waals surface area contributed by atoms with Crippen molar-refractivity contribution in [2.75, 3.05) is 6.54 Å². The lowest BCUT2D eigenvalue weighted by Crippen LogP contribution is -2.32. The van der Waals surface area contributed by atoms with E-state index in [4.69, 9.17) is 0 Å². The first-order valence-corrected chi connectivity index (χ1v) is 8.21. The number of rotatable bonds is 2. The molecular formula is C18H23NO2. The number of fused-ring (bicyclic) bond motifs is 1. The number of hydrogen-bond acceptors (Lipinski definition) is 2. The molecule has 0 spiro atoms. The predicted octanol–water partition coefficient (Wildman–Crippen LogP) is 3.52. The van der Waals surface area contributed by atoms with Gasteiger partial charge in [0.2, 0.25) is 0 Å².